The Morgan fingerprint density at radius 1 is 0.897 bits per heavy atom. The second-order valence-corrected chi connectivity index (χ2v) is 9.38. The van der Waals surface area contributed by atoms with E-state index in [1.54, 1.807) is 42.6 Å². The first-order chi connectivity index (χ1) is 19.0. The normalized spacial score (nSPS) is 11.3. The van der Waals surface area contributed by atoms with Gasteiger partial charge in [-0.3, -0.25) is 0 Å². The Bertz CT molecular complexity index is 1770. The number of nitrogens with zero attached hydrogens (tertiary/aromatic N) is 4. The van der Waals surface area contributed by atoms with Gasteiger partial charge in [0.1, 0.15) is 29.8 Å². The summed E-state index contributed by atoms with van der Waals surface area (Å²) in [6.45, 7) is 0.434. The zero-order valence-electron chi connectivity index (χ0n) is 20.5. The van der Waals surface area contributed by atoms with Gasteiger partial charge in [0.15, 0.2) is 6.39 Å². The lowest BCUT2D eigenvalue weighted by Gasteiger charge is -2.10. The number of benzene rings is 3. The zero-order chi connectivity index (χ0) is 26.8. The molecule has 0 saturated carbocycles. The van der Waals surface area contributed by atoms with Crippen molar-refractivity contribution in [1.82, 2.24) is 19.5 Å². The molecule has 0 aliphatic rings. The maximum atomic E-state index is 15.3. The van der Waals surface area contributed by atoms with Crippen LogP contribution in [0.25, 0.3) is 22.3 Å². The van der Waals surface area contributed by atoms with Crippen LogP contribution in [-0.2, 0) is 19.6 Å². The predicted molar refractivity (Wildman–Crippen MR) is 144 cm³/mol. The van der Waals surface area contributed by atoms with E-state index in [4.69, 9.17) is 25.7 Å². The van der Waals surface area contributed by atoms with Crippen LogP contribution >= 0.6 is 11.6 Å². The molecule has 0 atom stereocenters. The maximum Gasteiger partial charge on any atom is 0.214 e. The van der Waals surface area contributed by atoms with E-state index in [2.05, 4.69) is 9.97 Å². The van der Waals surface area contributed by atoms with Crippen molar-refractivity contribution in [2.45, 2.75) is 19.6 Å². The highest BCUT2D eigenvalue weighted by Gasteiger charge is 2.15. The number of hydrogen-bond donors (Lipinski definition) is 0. The summed E-state index contributed by atoms with van der Waals surface area (Å²) in [6, 6.07) is 22.3. The summed E-state index contributed by atoms with van der Waals surface area (Å²) in [4.78, 5) is 13.2. The van der Waals surface area contributed by atoms with E-state index in [1.165, 1.54) is 18.5 Å². The molecule has 0 saturated heterocycles. The van der Waals surface area contributed by atoms with Crippen LogP contribution < -0.4 is 4.74 Å². The number of imidazole rings is 1. The molecule has 0 amide bonds. The maximum absolute atomic E-state index is 15.3. The van der Waals surface area contributed by atoms with Gasteiger partial charge in [-0.1, -0.05) is 41.9 Å². The smallest absolute Gasteiger partial charge is 0.214 e. The van der Waals surface area contributed by atoms with Crippen molar-refractivity contribution in [3.05, 3.63) is 131 Å². The van der Waals surface area contributed by atoms with Crippen LogP contribution in [0, 0.1) is 11.6 Å². The highest BCUT2D eigenvalue weighted by atomic mass is 35.5. The summed E-state index contributed by atoms with van der Waals surface area (Å²) >= 11 is 5.81. The quantitative estimate of drug-likeness (QED) is 0.203. The fourth-order valence-corrected chi connectivity index (χ4v) is 4.57. The molecule has 194 valence electrons. The van der Waals surface area contributed by atoms with Gasteiger partial charge in [-0.15, -0.1) is 0 Å². The van der Waals surface area contributed by atoms with Crippen molar-refractivity contribution in [2.24, 2.45) is 0 Å². The SMILES string of the molecule is Fc1cc(Cl)ccc1COc1cccc(-c2ccc(Cc3nc4ccccc4n3Cc3cnco3)cc2F)n1. The average Bonchev–Trinajstić information content (AvgIpc) is 3.57. The van der Waals surface area contributed by atoms with E-state index in [0.717, 1.165) is 22.4 Å². The fourth-order valence-electron chi connectivity index (χ4n) is 4.41. The number of hydrogen-bond acceptors (Lipinski definition) is 5. The van der Waals surface area contributed by atoms with Crippen molar-refractivity contribution >= 4 is 22.6 Å². The van der Waals surface area contributed by atoms with Gasteiger partial charge in [0, 0.05) is 28.6 Å². The molecule has 0 bridgehead atoms. The number of para-hydroxylation sites is 2. The zero-order valence-corrected chi connectivity index (χ0v) is 21.3. The minimum absolute atomic E-state index is 0.0318. The summed E-state index contributed by atoms with van der Waals surface area (Å²) < 4.78 is 42.6. The van der Waals surface area contributed by atoms with Crippen molar-refractivity contribution < 1.29 is 17.9 Å². The molecule has 0 aliphatic carbocycles. The lowest BCUT2D eigenvalue weighted by atomic mass is 10.1. The summed E-state index contributed by atoms with van der Waals surface area (Å²) in [6.07, 6.45) is 3.49. The van der Waals surface area contributed by atoms with E-state index in [1.807, 2.05) is 34.9 Å². The highest BCUT2D eigenvalue weighted by molar-refractivity contribution is 6.30. The first-order valence-corrected chi connectivity index (χ1v) is 12.6. The summed E-state index contributed by atoms with van der Waals surface area (Å²) in [7, 11) is 0. The molecule has 0 spiro atoms. The number of aromatic nitrogens is 4. The van der Waals surface area contributed by atoms with Gasteiger partial charge in [-0.2, -0.15) is 0 Å². The van der Waals surface area contributed by atoms with Gasteiger partial charge in [0.05, 0.1) is 29.5 Å². The van der Waals surface area contributed by atoms with Gasteiger partial charge >= 0.3 is 0 Å². The first-order valence-electron chi connectivity index (χ1n) is 12.2. The van der Waals surface area contributed by atoms with Crippen LogP contribution in [0.5, 0.6) is 5.88 Å². The van der Waals surface area contributed by atoms with Crippen molar-refractivity contribution in [3.63, 3.8) is 0 Å². The number of oxazole rings is 1. The Hall–Kier alpha value is -4.56. The third-order valence-electron chi connectivity index (χ3n) is 6.32. The highest BCUT2D eigenvalue weighted by Crippen LogP contribution is 2.26. The second kappa shape index (κ2) is 10.7. The minimum Gasteiger partial charge on any atom is -0.473 e. The molecule has 0 unspecified atom stereocenters. The Kier molecular flexibility index (Phi) is 6.77. The fraction of sp³-hybridized carbons (Fsp3) is 0.100. The van der Waals surface area contributed by atoms with Gasteiger partial charge in [-0.05, 0) is 48.0 Å². The van der Waals surface area contributed by atoms with Crippen molar-refractivity contribution in [1.29, 1.82) is 0 Å². The molecule has 6 rings (SSSR count). The lowest BCUT2D eigenvalue weighted by Crippen LogP contribution is -2.06. The van der Waals surface area contributed by atoms with Crippen LogP contribution in [0.2, 0.25) is 5.02 Å². The molecule has 6 aromatic rings. The molecule has 3 aromatic heterocycles. The average molecular weight is 543 g/mol. The van der Waals surface area contributed by atoms with E-state index < -0.39 is 11.6 Å². The molecule has 6 nitrogen and oxygen atoms in total. The number of fused-ring (bicyclic) bond motifs is 1. The minimum atomic E-state index is -0.463. The Balaban J connectivity index is 1.23. The summed E-state index contributed by atoms with van der Waals surface area (Å²) in [5.41, 5.74) is 3.65. The number of rotatable bonds is 8. The molecule has 0 fully saturated rings. The van der Waals surface area contributed by atoms with Crippen LogP contribution in [0.1, 0.15) is 22.7 Å². The number of halogens is 3. The Labute approximate surface area is 227 Å². The predicted octanol–water partition coefficient (Wildman–Crippen LogP) is 7.24. The van der Waals surface area contributed by atoms with Crippen LogP contribution in [0.3, 0.4) is 0 Å². The standard InChI is InChI=1S/C30H21ClF2N4O2/c31-21-10-9-20(24(32)14-21)17-38-30-7-3-5-26(36-30)23-11-8-19(12-25(23)33)13-29-35-27-4-1-2-6-28(27)37(29)16-22-15-34-18-39-22/h1-12,14-15,18H,13,16-17H2. The van der Waals surface area contributed by atoms with Crippen LogP contribution in [-0.4, -0.2) is 19.5 Å². The van der Waals surface area contributed by atoms with Gasteiger partial charge in [0.25, 0.3) is 0 Å². The van der Waals surface area contributed by atoms with Gasteiger partial charge < -0.3 is 13.7 Å². The number of ether oxygens (including phenoxy) is 1. The molecular weight excluding hydrogens is 522 g/mol. The molecular formula is C30H21ClF2N4O2. The Morgan fingerprint density at radius 3 is 2.62 bits per heavy atom. The van der Waals surface area contributed by atoms with Crippen molar-refractivity contribution in [2.75, 3.05) is 0 Å². The van der Waals surface area contributed by atoms with Gasteiger partial charge in [0.2, 0.25) is 5.88 Å². The summed E-state index contributed by atoms with van der Waals surface area (Å²) in [5.74, 6) is 0.857. The van der Waals surface area contributed by atoms with Gasteiger partial charge in [-0.25, -0.2) is 23.7 Å². The van der Waals surface area contributed by atoms with Crippen LogP contribution in [0.4, 0.5) is 8.78 Å². The van der Waals surface area contributed by atoms with Crippen molar-refractivity contribution in [3.8, 4) is 17.1 Å². The van der Waals surface area contributed by atoms with E-state index in [9.17, 15) is 4.39 Å². The molecule has 39 heavy (non-hydrogen) atoms. The molecule has 3 aromatic carbocycles. The summed E-state index contributed by atoms with van der Waals surface area (Å²) in [5, 5.41) is 0.308. The Morgan fingerprint density at radius 2 is 1.79 bits per heavy atom. The molecule has 0 aliphatic heterocycles. The third kappa shape index (κ3) is 5.37. The molecule has 3 heterocycles. The monoisotopic (exact) mass is 542 g/mol. The topological polar surface area (TPSA) is 66.0 Å². The third-order valence-corrected chi connectivity index (χ3v) is 6.55. The molecule has 0 N–H and O–H groups in total. The van der Waals surface area contributed by atoms with E-state index in [0.29, 0.717) is 40.6 Å². The van der Waals surface area contributed by atoms with E-state index in [-0.39, 0.29) is 12.5 Å². The van der Waals surface area contributed by atoms with Crippen LogP contribution in [0.15, 0.2) is 95.9 Å². The molecule has 9 heteroatoms. The number of pyridine rings is 1. The largest absolute Gasteiger partial charge is 0.473 e. The second-order valence-electron chi connectivity index (χ2n) is 8.95. The molecule has 0 radical (unpaired) electrons. The van der Waals surface area contributed by atoms with E-state index >= 15 is 4.39 Å². The lowest BCUT2D eigenvalue weighted by molar-refractivity contribution is 0.288. The first kappa shape index (κ1) is 24.8.